The fourth-order valence-electron chi connectivity index (χ4n) is 5.03. The molecule has 7 nitrogen and oxygen atoms in total. The molecule has 180 valence electrons. The molecule has 2 aliphatic heterocycles. The molecule has 0 radical (unpaired) electrons. The third-order valence-electron chi connectivity index (χ3n) is 6.85. The normalized spacial score (nSPS) is 17.6. The summed E-state index contributed by atoms with van der Waals surface area (Å²) in [6.45, 7) is 2.61. The van der Waals surface area contributed by atoms with E-state index in [9.17, 15) is 9.59 Å². The lowest BCUT2D eigenvalue weighted by Gasteiger charge is -2.26. The highest BCUT2D eigenvalue weighted by Gasteiger charge is 2.30. The van der Waals surface area contributed by atoms with E-state index in [1.165, 1.54) is 11.1 Å². The predicted molar refractivity (Wildman–Crippen MR) is 139 cm³/mol. The second-order valence-electron chi connectivity index (χ2n) is 9.46. The van der Waals surface area contributed by atoms with Crippen LogP contribution in [0.2, 0.25) is 0 Å². The van der Waals surface area contributed by atoms with Crippen molar-refractivity contribution >= 4 is 29.0 Å². The van der Waals surface area contributed by atoms with Gasteiger partial charge < -0.3 is 26.2 Å². The van der Waals surface area contributed by atoms with Crippen LogP contribution in [0, 0.1) is 0 Å². The first kappa shape index (κ1) is 22.9. The van der Waals surface area contributed by atoms with Gasteiger partial charge in [-0.05, 0) is 85.5 Å². The molecule has 4 N–H and O–H groups in total. The van der Waals surface area contributed by atoms with Crippen molar-refractivity contribution in [3.63, 3.8) is 0 Å². The summed E-state index contributed by atoms with van der Waals surface area (Å²) in [6.07, 6.45) is 2.80. The van der Waals surface area contributed by atoms with E-state index in [1.54, 1.807) is 12.1 Å². The van der Waals surface area contributed by atoms with Gasteiger partial charge in [-0.3, -0.25) is 4.79 Å². The van der Waals surface area contributed by atoms with Crippen molar-refractivity contribution in [3.8, 4) is 0 Å². The maximum absolute atomic E-state index is 13.1. The van der Waals surface area contributed by atoms with Crippen molar-refractivity contribution in [2.75, 3.05) is 36.5 Å². The third-order valence-corrected chi connectivity index (χ3v) is 6.85. The quantitative estimate of drug-likeness (QED) is 0.475. The van der Waals surface area contributed by atoms with Crippen LogP contribution >= 0.6 is 0 Å². The number of rotatable bonds is 4. The Bertz CT molecular complexity index is 1260. The smallest absolute Gasteiger partial charge is 0.322 e. The third kappa shape index (κ3) is 5.15. The van der Waals surface area contributed by atoms with Crippen molar-refractivity contribution in [3.05, 3.63) is 89.0 Å². The Labute approximate surface area is 205 Å². The zero-order valence-electron chi connectivity index (χ0n) is 20.0. The minimum Gasteiger partial charge on any atom is -0.399 e. The number of likely N-dealkylation sites (tertiary alicyclic amines) is 1. The number of hydrogen-bond acceptors (Lipinski definition) is 4. The van der Waals surface area contributed by atoms with Crippen molar-refractivity contribution in [2.24, 2.45) is 0 Å². The molecule has 0 bridgehead atoms. The number of nitrogens with two attached hydrogens (primary N) is 1. The number of nitrogens with zero attached hydrogens (tertiary/aromatic N) is 2. The number of anilines is 3. The first-order valence-electron chi connectivity index (χ1n) is 12.1. The predicted octanol–water partition coefficient (Wildman–Crippen LogP) is 4.88. The van der Waals surface area contributed by atoms with Crippen LogP contribution in [0.3, 0.4) is 0 Å². The van der Waals surface area contributed by atoms with E-state index in [-0.39, 0.29) is 18.0 Å². The van der Waals surface area contributed by atoms with Crippen LogP contribution in [0.4, 0.5) is 21.9 Å². The minimum atomic E-state index is -0.160. The lowest BCUT2D eigenvalue weighted by atomic mass is 9.99. The van der Waals surface area contributed by atoms with Crippen molar-refractivity contribution < 1.29 is 9.59 Å². The Morgan fingerprint density at radius 1 is 0.914 bits per heavy atom. The molecule has 0 spiro atoms. The summed E-state index contributed by atoms with van der Waals surface area (Å²) < 4.78 is 0. The average Bonchev–Trinajstić information content (AvgIpc) is 3.34. The van der Waals surface area contributed by atoms with Crippen LogP contribution in [0.25, 0.3) is 0 Å². The Hall–Kier alpha value is -3.84. The molecular formula is C28H31N5O2. The molecule has 2 heterocycles. The van der Waals surface area contributed by atoms with Crippen LogP contribution in [-0.2, 0) is 13.0 Å². The fraction of sp³-hybridized carbons (Fsp3) is 0.286. The Morgan fingerprint density at radius 3 is 2.60 bits per heavy atom. The molecule has 0 aliphatic carbocycles. The molecule has 5 rings (SSSR count). The van der Waals surface area contributed by atoms with Gasteiger partial charge in [0, 0.05) is 42.3 Å². The molecule has 2 aliphatic rings. The Morgan fingerprint density at radius 2 is 1.74 bits per heavy atom. The lowest BCUT2D eigenvalue weighted by molar-refractivity contribution is 0.102. The first-order chi connectivity index (χ1) is 17.0. The van der Waals surface area contributed by atoms with E-state index in [2.05, 4.69) is 34.7 Å². The van der Waals surface area contributed by atoms with E-state index >= 15 is 0 Å². The molecule has 3 aromatic carbocycles. The van der Waals surface area contributed by atoms with Gasteiger partial charge in [0.15, 0.2) is 0 Å². The summed E-state index contributed by atoms with van der Waals surface area (Å²) in [7, 11) is 2.11. The second-order valence-corrected chi connectivity index (χ2v) is 9.46. The van der Waals surface area contributed by atoms with Crippen molar-refractivity contribution in [1.29, 1.82) is 0 Å². The molecule has 35 heavy (non-hydrogen) atoms. The first-order valence-corrected chi connectivity index (χ1v) is 12.1. The summed E-state index contributed by atoms with van der Waals surface area (Å²) >= 11 is 0. The number of nitrogens with one attached hydrogen (secondary N) is 2. The average molecular weight is 470 g/mol. The van der Waals surface area contributed by atoms with E-state index in [4.69, 9.17) is 5.73 Å². The molecule has 1 atom stereocenters. The second kappa shape index (κ2) is 9.80. The maximum Gasteiger partial charge on any atom is 0.322 e. The zero-order chi connectivity index (χ0) is 24.4. The summed E-state index contributed by atoms with van der Waals surface area (Å²) in [4.78, 5) is 30.2. The minimum absolute atomic E-state index is 0.0805. The number of hydrogen-bond donors (Lipinski definition) is 3. The SMILES string of the molecule is CN1CCc2ccc(NC(=O)c3cccc(C4CCCN4C(=O)Nc4cccc(N)c4)c3)cc2C1. The summed E-state index contributed by atoms with van der Waals surface area (Å²) in [5, 5.41) is 6.00. The molecule has 1 saturated heterocycles. The summed E-state index contributed by atoms with van der Waals surface area (Å²) in [5.74, 6) is -0.148. The van der Waals surface area contributed by atoms with Gasteiger partial charge in [0.05, 0.1) is 6.04 Å². The number of urea groups is 1. The number of likely N-dealkylation sites (N-methyl/N-ethyl adjacent to an activating group) is 1. The van der Waals surface area contributed by atoms with E-state index in [0.29, 0.717) is 23.5 Å². The van der Waals surface area contributed by atoms with Gasteiger partial charge in [0.25, 0.3) is 5.91 Å². The van der Waals surface area contributed by atoms with Crippen LogP contribution < -0.4 is 16.4 Å². The summed E-state index contributed by atoms with van der Waals surface area (Å²) in [5.41, 5.74) is 12.1. The molecular weight excluding hydrogens is 438 g/mol. The summed E-state index contributed by atoms with van der Waals surface area (Å²) in [6, 6.07) is 20.7. The molecule has 3 amide bonds. The maximum atomic E-state index is 13.1. The van der Waals surface area contributed by atoms with Crippen molar-refractivity contribution in [1.82, 2.24) is 9.80 Å². The Kier molecular flexibility index (Phi) is 6.42. The number of fused-ring (bicyclic) bond motifs is 1. The number of amides is 3. The number of nitrogen functional groups attached to an aromatic ring is 1. The molecule has 0 aromatic heterocycles. The highest BCUT2D eigenvalue weighted by atomic mass is 16.2. The lowest BCUT2D eigenvalue weighted by Crippen LogP contribution is -2.34. The van der Waals surface area contributed by atoms with Gasteiger partial charge in [-0.25, -0.2) is 4.79 Å². The molecule has 1 fully saturated rings. The van der Waals surface area contributed by atoms with Gasteiger partial charge in [0.1, 0.15) is 0 Å². The van der Waals surface area contributed by atoms with E-state index in [1.807, 2.05) is 47.4 Å². The van der Waals surface area contributed by atoms with Gasteiger partial charge >= 0.3 is 6.03 Å². The molecule has 0 saturated carbocycles. The highest BCUT2D eigenvalue weighted by Crippen LogP contribution is 2.33. The molecule has 3 aromatic rings. The molecule has 7 heteroatoms. The fourth-order valence-corrected chi connectivity index (χ4v) is 5.03. The largest absolute Gasteiger partial charge is 0.399 e. The number of carbonyl (C=O) groups excluding carboxylic acids is 2. The van der Waals surface area contributed by atoms with Gasteiger partial charge in [-0.1, -0.05) is 24.3 Å². The standard InChI is InChI=1S/C28H31N5O2/c1-32-14-12-19-10-11-25(16-22(19)18-32)30-27(34)21-6-2-5-20(15-21)26-9-4-13-33(26)28(35)31-24-8-3-7-23(29)17-24/h2-3,5-8,10-11,15-17,26H,4,9,12-14,18,29H2,1H3,(H,30,34)(H,31,35). The van der Waals surface area contributed by atoms with Gasteiger partial charge in [-0.2, -0.15) is 0 Å². The van der Waals surface area contributed by atoms with Crippen LogP contribution in [0.1, 0.15) is 45.9 Å². The van der Waals surface area contributed by atoms with Crippen LogP contribution in [-0.4, -0.2) is 41.9 Å². The van der Waals surface area contributed by atoms with Crippen molar-refractivity contribution in [2.45, 2.75) is 31.8 Å². The topological polar surface area (TPSA) is 90.7 Å². The van der Waals surface area contributed by atoms with E-state index < -0.39 is 0 Å². The van der Waals surface area contributed by atoms with E-state index in [0.717, 1.165) is 43.6 Å². The zero-order valence-corrected chi connectivity index (χ0v) is 20.0. The van der Waals surface area contributed by atoms with Gasteiger partial charge in [-0.15, -0.1) is 0 Å². The highest BCUT2D eigenvalue weighted by molar-refractivity contribution is 6.04. The van der Waals surface area contributed by atoms with Gasteiger partial charge in [0.2, 0.25) is 0 Å². The number of carbonyl (C=O) groups is 2. The molecule has 1 unspecified atom stereocenters. The van der Waals surface area contributed by atoms with Crippen LogP contribution in [0.5, 0.6) is 0 Å². The number of benzene rings is 3. The monoisotopic (exact) mass is 469 g/mol. The van der Waals surface area contributed by atoms with Crippen LogP contribution in [0.15, 0.2) is 66.7 Å². The Balaban J connectivity index is 1.29.